The minimum absolute atomic E-state index is 0.0385. The van der Waals surface area contributed by atoms with Gasteiger partial charge < -0.3 is 4.74 Å². The Bertz CT molecular complexity index is 1080. The van der Waals surface area contributed by atoms with Crippen molar-refractivity contribution in [2.24, 2.45) is 0 Å². The number of hydrogen-bond acceptors (Lipinski definition) is 7. The van der Waals surface area contributed by atoms with Gasteiger partial charge in [-0.3, -0.25) is 9.20 Å². The highest BCUT2D eigenvalue weighted by molar-refractivity contribution is 7.16. The molecule has 0 spiro atoms. The molecule has 0 unspecified atom stereocenters. The average Bonchev–Trinajstić information content (AvgIpc) is 3.20. The number of carbonyl (C=O) groups is 1. The Balaban J connectivity index is 1.54. The van der Waals surface area contributed by atoms with Crippen LogP contribution in [0.1, 0.15) is 16.1 Å². The zero-order chi connectivity index (χ0) is 15.8. The van der Waals surface area contributed by atoms with Gasteiger partial charge in [0, 0.05) is 17.6 Å². The van der Waals surface area contributed by atoms with Gasteiger partial charge in [-0.15, -0.1) is 22.7 Å². The first kappa shape index (κ1) is 14.0. The maximum atomic E-state index is 12.1. The van der Waals surface area contributed by atoms with Gasteiger partial charge >= 0.3 is 5.97 Å². The van der Waals surface area contributed by atoms with Crippen LogP contribution in [0.5, 0.6) is 0 Å². The fraction of sp³-hybridized carbons (Fsp3) is 0.0667. The first-order valence-electron chi connectivity index (χ1n) is 6.67. The van der Waals surface area contributed by atoms with Gasteiger partial charge in [-0.1, -0.05) is 0 Å². The lowest BCUT2D eigenvalue weighted by Crippen LogP contribution is -2.14. The molecule has 0 bridgehead atoms. The lowest BCUT2D eigenvalue weighted by molar-refractivity contribution is 0.0468. The smallest absolute Gasteiger partial charge is 0.338 e. The van der Waals surface area contributed by atoms with Gasteiger partial charge in [0.1, 0.15) is 6.61 Å². The van der Waals surface area contributed by atoms with E-state index in [1.165, 1.54) is 33.1 Å². The summed E-state index contributed by atoms with van der Waals surface area (Å²) in [6.45, 7) is -0.0385. The lowest BCUT2D eigenvalue weighted by atomic mass is 10.2. The van der Waals surface area contributed by atoms with Gasteiger partial charge in [0.25, 0.3) is 5.56 Å². The van der Waals surface area contributed by atoms with E-state index in [0.29, 0.717) is 16.2 Å². The third-order valence-corrected chi connectivity index (χ3v) is 4.82. The molecule has 114 valence electrons. The van der Waals surface area contributed by atoms with E-state index in [1.54, 1.807) is 35.3 Å². The van der Waals surface area contributed by atoms with Crippen LogP contribution in [0.3, 0.4) is 0 Å². The highest BCUT2D eigenvalue weighted by Gasteiger charge is 2.11. The number of fused-ring (bicyclic) bond motifs is 2. The van der Waals surface area contributed by atoms with Gasteiger partial charge in [-0.25, -0.2) is 14.8 Å². The second-order valence-corrected chi connectivity index (χ2v) is 6.51. The highest BCUT2D eigenvalue weighted by atomic mass is 32.1. The van der Waals surface area contributed by atoms with Gasteiger partial charge in [0.2, 0.25) is 0 Å². The highest BCUT2D eigenvalue weighted by Crippen LogP contribution is 2.19. The molecule has 1 aromatic carbocycles. The SMILES string of the molecule is O=C(OCc1cc(=O)n2ccsc2n1)c1ccc2ncsc2c1. The van der Waals surface area contributed by atoms with Gasteiger partial charge in [0.15, 0.2) is 4.96 Å². The van der Waals surface area contributed by atoms with Gasteiger partial charge in [-0.05, 0) is 18.2 Å². The molecule has 23 heavy (non-hydrogen) atoms. The summed E-state index contributed by atoms with van der Waals surface area (Å²) in [5, 5.41) is 1.78. The molecule has 0 aliphatic rings. The molecule has 4 aromatic rings. The Hall–Kier alpha value is -2.58. The van der Waals surface area contributed by atoms with E-state index in [9.17, 15) is 9.59 Å². The molecule has 8 heteroatoms. The van der Waals surface area contributed by atoms with E-state index < -0.39 is 5.97 Å². The summed E-state index contributed by atoms with van der Waals surface area (Å²) in [6.07, 6.45) is 1.66. The van der Waals surface area contributed by atoms with Crippen molar-refractivity contribution in [1.82, 2.24) is 14.4 Å². The number of ether oxygens (including phenoxy) is 1. The Labute approximate surface area is 137 Å². The van der Waals surface area contributed by atoms with Crippen molar-refractivity contribution in [3.05, 3.63) is 63.0 Å². The molecular formula is C15H9N3O3S2. The summed E-state index contributed by atoms with van der Waals surface area (Å²) in [7, 11) is 0. The summed E-state index contributed by atoms with van der Waals surface area (Å²) in [5.41, 5.74) is 3.28. The predicted octanol–water partition coefficient (Wildman–Crippen LogP) is 2.72. The summed E-state index contributed by atoms with van der Waals surface area (Å²) in [6, 6.07) is 6.58. The number of rotatable bonds is 3. The van der Waals surface area contributed by atoms with E-state index in [2.05, 4.69) is 9.97 Å². The number of thiazole rings is 2. The number of benzene rings is 1. The van der Waals surface area contributed by atoms with Crippen molar-refractivity contribution in [2.75, 3.05) is 0 Å². The second kappa shape index (κ2) is 5.56. The molecule has 0 aliphatic heterocycles. The molecule has 0 amide bonds. The average molecular weight is 343 g/mol. The molecule has 3 heterocycles. The Morgan fingerprint density at radius 1 is 1.26 bits per heavy atom. The van der Waals surface area contributed by atoms with Crippen LogP contribution in [0.4, 0.5) is 0 Å². The summed E-state index contributed by atoms with van der Waals surface area (Å²) >= 11 is 2.82. The Morgan fingerprint density at radius 3 is 3.09 bits per heavy atom. The van der Waals surface area contributed by atoms with Crippen molar-refractivity contribution in [2.45, 2.75) is 6.61 Å². The van der Waals surface area contributed by atoms with Crippen LogP contribution in [0.25, 0.3) is 15.2 Å². The van der Waals surface area contributed by atoms with Gasteiger partial charge in [0.05, 0.1) is 27.0 Å². The molecule has 4 rings (SSSR count). The third kappa shape index (κ3) is 2.62. The lowest BCUT2D eigenvalue weighted by Gasteiger charge is -2.04. The maximum absolute atomic E-state index is 12.1. The number of hydrogen-bond donors (Lipinski definition) is 0. The Kier molecular flexibility index (Phi) is 3.40. The molecule has 3 aromatic heterocycles. The van der Waals surface area contributed by atoms with E-state index in [1.807, 2.05) is 0 Å². The van der Waals surface area contributed by atoms with Crippen LogP contribution in [-0.2, 0) is 11.3 Å². The Morgan fingerprint density at radius 2 is 2.17 bits per heavy atom. The van der Waals surface area contributed by atoms with Crippen LogP contribution in [0, 0.1) is 0 Å². The van der Waals surface area contributed by atoms with Crippen LogP contribution < -0.4 is 5.56 Å². The van der Waals surface area contributed by atoms with E-state index in [0.717, 1.165) is 10.2 Å². The second-order valence-electron chi connectivity index (χ2n) is 4.75. The summed E-state index contributed by atoms with van der Waals surface area (Å²) < 4.78 is 7.64. The van der Waals surface area contributed by atoms with Crippen LogP contribution >= 0.6 is 22.7 Å². The molecule has 0 fully saturated rings. The maximum Gasteiger partial charge on any atom is 0.338 e. The van der Waals surface area contributed by atoms with E-state index in [-0.39, 0.29) is 12.2 Å². The normalized spacial score (nSPS) is 11.1. The van der Waals surface area contributed by atoms with Crippen molar-refractivity contribution in [3.8, 4) is 0 Å². The molecular weight excluding hydrogens is 334 g/mol. The van der Waals surface area contributed by atoms with Crippen molar-refractivity contribution in [1.29, 1.82) is 0 Å². The van der Waals surface area contributed by atoms with E-state index in [4.69, 9.17) is 4.74 Å². The van der Waals surface area contributed by atoms with Gasteiger partial charge in [-0.2, -0.15) is 0 Å². The molecule has 0 N–H and O–H groups in total. The molecule has 0 aliphatic carbocycles. The van der Waals surface area contributed by atoms with Crippen molar-refractivity contribution < 1.29 is 9.53 Å². The first-order valence-corrected chi connectivity index (χ1v) is 8.43. The van der Waals surface area contributed by atoms with Crippen molar-refractivity contribution in [3.63, 3.8) is 0 Å². The van der Waals surface area contributed by atoms with Crippen LogP contribution in [0.2, 0.25) is 0 Å². The standard InChI is InChI=1S/C15H9N3O3S2/c19-13-6-10(17-15-18(13)3-4-22-15)7-21-14(20)9-1-2-11-12(5-9)23-8-16-11/h1-6,8H,7H2. The third-order valence-electron chi connectivity index (χ3n) is 3.27. The first-order chi connectivity index (χ1) is 11.2. The monoisotopic (exact) mass is 343 g/mol. The predicted molar refractivity (Wildman–Crippen MR) is 88.1 cm³/mol. The molecule has 0 atom stereocenters. The molecule has 0 radical (unpaired) electrons. The van der Waals surface area contributed by atoms with Crippen molar-refractivity contribution >= 4 is 43.8 Å². The van der Waals surface area contributed by atoms with E-state index >= 15 is 0 Å². The fourth-order valence-corrected chi connectivity index (χ4v) is 3.62. The molecule has 0 saturated heterocycles. The number of carbonyl (C=O) groups excluding carboxylic acids is 1. The minimum Gasteiger partial charge on any atom is -0.456 e. The van der Waals surface area contributed by atoms with Crippen LogP contribution in [-0.4, -0.2) is 20.3 Å². The molecule has 0 saturated carbocycles. The zero-order valence-corrected chi connectivity index (χ0v) is 13.3. The topological polar surface area (TPSA) is 73.6 Å². The summed E-state index contributed by atoms with van der Waals surface area (Å²) in [5.74, 6) is -0.450. The number of nitrogens with zero attached hydrogens (tertiary/aromatic N) is 3. The van der Waals surface area contributed by atoms with Crippen LogP contribution in [0.15, 0.2) is 46.1 Å². The zero-order valence-electron chi connectivity index (χ0n) is 11.6. The number of aromatic nitrogens is 3. The number of esters is 1. The molecule has 6 nitrogen and oxygen atoms in total. The largest absolute Gasteiger partial charge is 0.456 e. The fourth-order valence-electron chi connectivity index (χ4n) is 2.17. The summed E-state index contributed by atoms with van der Waals surface area (Å²) in [4.78, 5) is 33.1. The minimum atomic E-state index is -0.450. The quantitative estimate of drug-likeness (QED) is 0.535.